The third-order valence-electron chi connectivity index (χ3n) is 4.98. The molecule has 31 heavy (non-hydrogen) atoms. The number of aromatic nitrogens is 4. The van der Waals surface area contributed by atoms with Gasteiger partial charge in [0.25, 0.3) is 5.91 Å². The lowest BCUT2D eigenvalue weighted by Crippen LogP contribution is -2.30. The van der Waals surface area contributed by atoms with Gasteiger partial charge in [0.2, 0.25) is 5.91 Å². The molecule has 1 aromatic heterocycles. The number of amides is 2. The van der Waals surface area contributed by atoms with E-state index in [1.54, 1.807) is 33.8 Å². The topological polar surface area (TPSA) is 105 Å². The number of nitrogens with one attached hydrogen (secondary N) is 2. The number of hydrogen-bond donors (Lipinski definition) is 2. The molecule has 0 spiro atoms. The number of carbonyl (C=O) groups is 2. The number of tetrazole rings is 1. The maximum absolute atomic E-state index is 12.4. The molecule has 0 saturated carbocycles. The average Bonchev–Trinajstić information content (AvgIpc) is 3.20. The molecule has 9 nitrogen and oxygen atoms in total. The first-order chi connectivity index (χ1) is 14.9. The molecule has 0 bridgehead atoms. The molecule has 3 rings (SSSR count). The number of rotatable bonds is 8. The summed E-state index contributed by atoms with van der Waals surface area (Å²) in [6.45, 7) is 9.11. The molecular formula is C22H27N7O2. The molecule has 1 heterocycles. The number of anilines is 2. The highest BCUT2D eigenvalue weighted by Crippen LogP contribution is 2.19. The maximum Gasteiger partial charge on any atom is 0.253 e. The molecular weight excluding hydrogens is 394 g/mol. The fourth-order valence-electron chi connectivity index (χ4n) is 3.18. The Bertz CT molecular complexity index is 1060. The molecule has 2 amide bonds. The van der Waals surface area contributed by atoms with E-state index in [0.29, 0.717) is 30.2 Å². The summed E-state index contributed by atoms with van der Waals surface area (Å²) in [5.74, 6) is 0.474. The number of benzene rings is 2. The summed E-state index contributed by atoms with van der Waals surface area (Å²) in [4.78, 5) is 26.5. The van der Waals surface area contributed by atoms with Crippen molar-refractivity contribution in [2.24, 2.45) is 0 Å². The van der Waals surface area contributed by atoms with Crippen LogP contribution in [0.4, 0.5) is 11.4 Å². The molecule has 0 atom stereocenters. The van der Waals surface area contributed by atoms with Gasteiger partial charge in [-0.05, 0) is 80.1 Å². The van der Waals surface area contributed by atoms with E-state index in [4.69, 9.17) is 0 Å². The highest BCUT2D eigenvalue weighted by atomic mass is 16.2. The summed E-state index contributed by atoms with van der Waals surface area (Å²) in [7, 11) is 0. The quantitative estimate of drug-likeness (QED) is 0.579. The second kappa shape index (κ2) is 9.84. The first-order valence-electron chi connectivity index (χ1n) is 10.2. The Balaban J connectivity index is 1.59. The van der Waals surface area contributed by atoms with Gasteiger partial charge in [0.1, 0.15) is 0 Å². The van der Waals surface area contributed by atoms with Gasteiger partial charge in [-0.3, -0.25) is 9.59 Å². The minimum absolute atomic E-state index is 0.0162. The van der Waals surface area contributed by atoms with E-state index in [0.717, 1.165) is 16.9 Å². The summed E-state index contributed by atoms with van der Waals surface area (Å²) in [5.41, 5.74) is 3.89. The largest absolute Gasteiger partial charge is 0.376 e. The Morgan fingerprint density at radius 3 is 2.29 bits per heavy atom. The zero-order chi connectivity index (χ0) is 22.4. The summed E-state index contributed by atoms with van der Waals surface area (Å²) >= 11 is 0. The zero-order valence-electron chi connectivity index (χ0n) is 18.2. The van der Waals surface area contributed by atoms with Gasteiger partial charge in [-0.1, -0.05) is 6.07 Å². The van der Waals surface area contributed by atoms with Crippen LogP contribution in [0.25, 0.3) is 5.69 Å². The molecule has 0 aliphatic carbocycles. The van der Waals surface area contributed by atoms with E-state index in [1.165, 1.54) is 0 Å². The minimum atomic E-state index is -0.191. The van der Waals surface area contributed by atoms with Gasteiger partial charge in [-0.25, -0.2) is 0 Å². The average molecular weight is 422 g/mol. The van der Waals surface area contributed by atoms with Crippen LogP contribution in [0, 0.1) is 13.8 Å². The fourth-order valence-corrected chi connectivity index (χ4v) is 3.18. The molecule has 0 unspecified atom stereocenters. The maximum atomic E-state index is 12.4. The number of carbonyl (C=O) groups excluding carboxylic acids is 2. The van der Waals surface area contributed by atoms with Gasteiger partial charge in [0, 0.05) is 30.0 Å². The Labute approximate surface area is 181 Å². The van der Waals surface area contributed by atoms with Crippen LogP contribution >= 0.6 is 0 Å². The van der Waals surface area contributed by atoms with E-state index >= 15 is 0 Å². The molecule has 2 aromatic carbocycles. The second-order valence-electron chi connectivity index (χ2n) is 7.10. The van der Waals surface area contributed by atoms with Gasteiger partial charge in [-0.15, -0.1) is 5.10 Å². The van der Waals surface area contributed by atoms with Crippen LogP contribution in [0.3, 0.4) is 0 Å². The van der Waals surface area contributed by atoms with Crippen molar-refractivity contribution >= 4 is 23.2 Å². The Morgan fingerprint density at radius 2 is 1.68 bits per heavy atom. The van der Waals surface area contributed by atoms with Crippen molar-refractivity contribution in [3.8, 4) is 5.69 Å². The predicted octanol–water partition coefficient (Wildman–Crippen LogP) is 2.81. The van der Waals surface area contributed by atoms with Gasteiger partial charge in [0.05, 0.1) is 12.2 Å². The SMILES string of the molecule is CCN(CC)C(=O)c1ccc(NC(=O)CNc2ccc(C)c(-n3nnnc3C)c2)cc1. The lowest BCUT2D eigenvalue weighted by atomic mass is 10.1. The summed E-state index contributed by atoms with van der Waals surface area (Å²) in [6, 6.07) is 12.7. The monoisotopic (exact) mass is 421 g/mol. The summed E-state index contributed by atoms with van der Waals surface area (Å²) in [6.07, 6.45) is 0. The molecule has 0 aliphatic rings. The highest BCUT2D eigenvalue weighted by Gasteiger charge is 2.13. The normalized spacial score (nSPS) is 10.6. The van der Waals surface area contributed by atoms with E-state index in [-0.39, 0.29) is 18.4 Å². The minimum Gasteiger partial charge on any atom is -0.376 e. The number of nitrogens with zero attached hydrogens (tertiary/aromatic N) is 5. The lowest BCUT2D eigenvalue weighted by Gasteiger charge is -2.18. The molecule has 2 N–H and O–H groups in total. The van der Waals surface area contributed by atoms with Crippen LogP contribution in [0.15, 0.2) is 42.5 Å². The Morgan fingerprint density at radius 1 is 1.00 bits per heavy atom. The summed E-state index contributed by atoms with van der Waals surface area (Å²) < 4.78 is 1.65. The van der Waals surface area contributed by atoms with Gasteiger partial charge < -0.3 is 15.5 Å². The predicted molar refractivity (Wildman–Crippen MR) is 119 cm³/mol. The van der Waals surface area contributed by atoms with E-state index < -0.39 is 0 Å². The second-order valence-corrected chi connectivity index (χ2v) is 7.10. The lowest BCUT2D eigenvalue weighted by molar-refractivity contribution is -0.114. The van der Waals surface area contributed by atoms with Crippen molar-refractivity contribution in [3.63, 3.8) is 0 Å². The standard InChI is InChI=1S/C22H27N7O2/c1-5-28(6-2)22(31)17-8-11-18(12-9-17)24-21(30)14-23-19-10-7-15(3)20(13-19)29-16(4)25-26-27-29/h7-13,23H,5-6,14H2,1-4H3,(H,24,30). The van der Waals surface area contributed by atoms with E-state index in [2.05, 4.69) is 26.2 Å². The fraction of sp³-hybridized carbons (Fsp3) is 0.318. The van der Waals surface area contributed by atoms with Crippen LogP contribution in [0.5, 0.6) is 0 Å². The van der Waals surface area contributed by atoms with Crippen LogP contribution in [-0.2, 0) is 4.79 Å². The summed E-state index contributed by atoms with van der Waals surface area (Å²) in [5, 5.41) is 17.6. The Kier molecular flexibility index (Phi) is 6.96. The van der Waals surface area contributed by atoms with Crippen LogP contribution in [0.1, 0.15) is 35.6 Å². The van der Waals surface area contributed by atoms with Gasteiger partial charge >= 0.3 is 0 Å². The van der Waals surface area contributed by atoms with Gasteiger partial charge in [-0.2, -0.15) is 4.68 Å². The van der Waals surface area contributed by atoms with Crippen molar-refractivity contribution in [1.29, 1.82) is 0 Å². The van der Waals surface area contributed by atoms with Crippen LogP contribution in [0.2, 0.25) is 0 Å². The first kappa shape index (κ1) is 21.9. The van der Waals surface area contributed by atoms with E-state index in [9.17, 15) is 9.59 Å². The molecule has 0 fully saturated rings. The smallest absolute Gasteiger partial charge is 0.253 e. The van der Waals surface area contributed by atoms with Crippen molar-refractivity contribution < 1.29 is 9.59 Å². The highest BCUT2D eigenvalue weighted by molar-refractivity contribution is 5.96. The molecule has 9 heteroatoms. The van der Waals surface area contributed by atoms with E-state index in [1.807, 2.05) is 45.9 Å². The third kappa shape index (κ3) is 5.25. The van der Waals surface area contributed by atoms with Gasteiger partial charge in [0.15, 0.2) is 5.82 Å². The van der Waals surface area contributed by atoms with Crippen LogP contribution < -0.4 is 10.6 Å². The number of hydrogen-bond acceptors (Lipinski definition) is 6. The zero-order valence-corrected chi connectivity index (χ0v) is 18.2. The Hall–Kier alpha value is -3.75. The molecule has 0 aliphatic heterocycles. The number of aryl methyl sites for hydroxylation is 2. The van der Waals surface area contributed by atoms with Crippen molar-refractivity contribution in [2.45, 2.75) is 27.7 Å². The third-order valence-corrected chi connectivity index (χ3v) is 4.98. The molecule has 162 valence electrons. The van der Waals surface area contributed by atoms with Crippen molar-refractivity contribution in [2.75, 3.05) is 30.3 Å². The first-order valence-corrected chi connectivity index (χ1v) is 10.2. The van der Waals surface area contributed by atoms with Crippen LogP contribution in [-0.4, -0.2) is 56.6 Å². The van der Waals surface area contributed by atoms with Crippen molar-refractivity contribution in [3.05, 3.63) is 59.4 Å². The van der Waals surface area contributed by atoms with Crippen molar-refractivity contribution in [1.82, 2.24) is 25.1 Å². The molecule has 3 aromatic rings. The molecule has 0 radical (unpaired) electrons. The molecule has 0 saturated heterocycles.